The zero-order chi connectivity index (χ0) is 102. The van der Waals surface area contributed by atoms with E-state index >= 15 is 0 Å². The number of piperidine rings is 1. The smallest absolute Gasteiger partial charge is 0.169 e. The maximum atomic E-state index is 11.8. The summed E-state index contributed by atoms with van der Waals surface area (Å²) >= 11 is 5.80. The second kappa shape index (κ2) is 42.1. The minimum absolute atomic E-state index is 0. The SMILES string of the molecule is C.CC(=O)c1ccc(-c2cncc3[nH]c(-c4n[nH]c5ccc(-c6cncc(CN(C)C)c6)cc45)nc23)s1.CC(=O)c1ccc(-c2cncc3[nH]c(-c4n[nH]c5ccc(-c6cncc(CN7CCCC7)c6)cc45)nc23)s1.CC(=O)c1ccc(-c2cncc3[nH]c(-c4n[nH]c5ccc(-c6cncc(CN7CCCCC7)c6)cc45)nc23)s1.CC(=O)c1ccc(-c2cncc3[nH]c(-c4n[nH]c5ccc(-c6cncc(NC(C)C)c6)cc45)nc23)s1. The molecule has 32 nitrogen and oxygen atoms in total. The van der Waals surface area contributed by atoms with Crippen LogP contribution in [0.4, 0.5) is 5.69 Å². The molecule has 26 rings (SSSR count). The quantitative estimate of drug-likeness (QED) is 0.0254. The number of nitrogens with zero attached hydrogens (tertiary/aromatic N) is 19. The van der Waals surface area contributed by atoms with Crippen LogP contribution in [0.5, 0.6) is 0 Å². The number of carbonyl (C=O) groups is 4. The molecule has 0 spiro atoms. The van der Waals surface area contributed by atoms with Gasteiger partial charge in [-0.2, -0.15) is 20.4 Å². The minimum atomic E-state index is 0. The molecular formula is C114H102N28O4S4. The second-order valence-electron chi connectivity index (χ2n) is 37.9. The van der Waals surface area contributed by atoms with E-state index in [1.807, 2.05) is 124 Å². The second-order valence-corrected chi connectivity index (χ2v) is 42.3. The normalized spacial score (nSPS) is 12.9. The highest BCUT2D eigenvalue weighted by Crippen LogP contribution is 2.44. The van der Waals surface area contributed by atoms with Crippen molar-refractivity contribution in [3.05, 3.63) is 281 Å². The summed E-state index contributed by atoms with van der Waals surface area (Å²) in [5.41, 5.74) is 29.8. The van der Waals surface area contributed by atoms with E-state index in [4.69, 9.17) is 19.9 Å². The van der Waals surface area contributed by atoms with Crippen LogP contribution in [0.3, 0.4) is 0 Å². The van der Waals surface area contributed by atoms with Gasteiger partial charge in [0.05, 0.1) is 94.1 Å². The topological polar surface area (TPSA) is 423 Å². The van der Waals surface area contributed by atoms with E-state index in [2.05, 4.69) is 219 Å². The van der Waals surface area contributed by atoms with Gasteiger partial charge in [-0.05, 0) is 268 Å². The van der Waals surface area contributed by atoms with E-state index in [0.717, 1.165) is 264 Å². The maximum Gasteiger partial charge on any atom is 0.169 e. The number of likely N-dealkylation sites (tertiary alicyclic amines) is 2. The zero-order valence-electron chi connectivity index (χ0n) is 82.4. The first-order chi connectivity index (χ1) is 72.7. The summed E-state index contributed by atoms with van der Waals surface area (Å²) in [6.07, 6.45) is 35.9. The Labute approximate surface area is 875 Å². The van der Waals surface area contributed by atoms with Crippen LogP contribution in [0.1, 0.15) is 136 Å². The van der Waals surface area contributed by atoms with Crippen molar-refractivity contribution in [2.24, 2.45) is 0 Å². The molecule has 22 heterocycles. The Kier molecular flexibility index (Phi) is 27.4. The number of hydrogen-bond donors (Lipinski definition) is 9. The highest BCUT2D eigenvalue weighted by atomic mass is 32.1. The molecule has 24 aromatic rings. The summed E-state index contributed by atoms with van der Waals surface area (Å²) in [6.45, 7) is 17.9. The fourth-order valence-electron chi connectivity index (χ4n) is 19.2. The summed E-state index contributed by atoms with van der Waals surface area (Å²) in [6, 6.07) is 49.3. The molecule has 0 amide bonds. The Morgan fingerprint density at radius 1 is 0.320 bits per heavy atom. The first kappa shape index (κ1) is 97.7. The van der Waals surface area contributed by atoms with Gasteiger partial charge >= 0.3 is 0 Å². The third-order valence-corrected chi connectivity index (χ3v) is 31.3. The predicted octanol–water partition coefficient (Wildman–Crippen LogP) is 25.1. The third kappa shape index (κ3) is 20.3. The number of Topliss-reactive ketones (excluding diaryl/α,β-unsaturated/α-hetero) is 4. The number of H-pyrrole nitrogens is 8. The molecule has 150 heavy (non-hydrogen) atoms. The van der Waals surface area contributed by atoms with E-state index in [0.29, 0.717) is 39.1 Å². The fraction of sp³-hybridized carbons (Fsp3) is 0.193. The van der Waals surface area contributed by atoms with Gasteiger partial charge in [-0.15, -0.1) is 45.3 Å². The average molecular weight is 2060 g/mol. The van der Waals surface area contributed by atoms with Gasteiger partial charge < -0.3 is 30.2 Å². The summed E-state index contributed by atoms with van der Waals surface area (Å²) in [4.78, 5) is 130. The third-order valence-electron chi connectivity index (χ3n) is 26.5. The van der Waals surface area contributed by atoms with Crippen molar-refractivity contribution in [3.63, 3.8) is 0 Å². The molecule has 0 unspecified atom stereocenters. The Morgan fingerprint density at radius 2 is 0.600 bits per heavy atom. The number of aromatic amines is 8. The largest absolute Gasteiger partial charge is 0.382 e. The lowest BCUT2D eigenvalue weighted by Crippen LogP contribution is -2.29. The van der Waals surface area contributed by atoms with Crippen LogP contribution < -0.4 is 5.32 Å². The van der Waals surface area contributed by atoms with Gasteiger partial charge in [0.15, 0.2) is 46.4 Å². The van der Waals surface area contributed by atoms with E-state index in [1.165, 1.54) is 88.6 Å². The van der Waals surface area contributed by atoms with Gasteiger partial charge in [-0.25, -0.2) is 19.9 Å². The number of nitrogens with one attached hydrogen (secondary N) is 9. The van der Waals surface area contributed by atoms with Crippen LogP contribution in [-0.4, -0.2) is 205 Å². The maximum absolute atomic E-state index is 11.8. The van der Waals surface area contributed by atoms with Gasteiger partial charge in [0.25, 0.3) is 0 Å². The molecule has 0 aliphatic carbocycles. The van der Waals surface area contributed by atoms with Crippen LogP contribution in [-0.2, 0) is 19.6 Å². The lowest BCUT2D eigenvalue weighted by Gasteiger charge is -2.26. The molecule has 9 N–H and O–H groups in total. The van der Waals surface area contributed by atoms with Gasteiger partial charge in [-0.1, -0.05) is 38.1 Å². The molecular weight excluding hydrogens is 1950 g/mol. The average Bonchev–Trinajstić information content (AvgIpc) is 1.62. The Morgan fingerprint density at radius 3 is 0.893 bits per heavy atom. The number of hydrogen-bond acceptors (Lipinski definition) is 28. The molecule has 2 saturated heterocycles. The number of fused-ring (bicyclic) bond motifs is 8. The van der Waals surface area contributed by atoms with Crippen molar-refractivity contribution in [2.45, 2.75) is 107 Å². The zero-order valence-corrected chi connectivity index (χ0v) is 85.7. The Balaban J connectivity index is 0.000000113. The van der Waals surface area contributed by atoms with Gasteiger partial charge in [-0.3, -0.25) is 89.2 Å². The number of pyridine rings is 8. The molecule has 0 saturated carbocycles. The molecule has 2 aliphatic heterocycles. The summed E-state index contributed by atoms with van der Waals surface area (Å²) in [7, 11) is 4.09. The molecule has 4 aromatic carbocycles. The van der Waals surface area contributed by atoms with Gasteiger partial charge in [0.1, 0.15) is 44.8 Å². The van der Waals surface area contributed by atoms with Gasteiger partial charge in [0, 0.05) is 186 Å². The van der Waals surface area contributed by atoms with Crippen molar-refractivity contribution in [1.29, 1.82) is 0 Å². The highest BCUT2D eigenvalue weighted by molar-refractivity contribution is 7.18. The number of aromatic nitrogens is 24. The van der Waals surface area contributed by atoms with Crippen LogP contribution in [0, 0.1) is 0 Å². The summed E-state index contributed by atoms with van der Waals surface area (Å²) < 4.78 is 0. The molecule has 36 heteroatoms. The molecule has 2 aliphatic rings. The number of thiophene rings is 4. The predicted molar refractivity (Wildman–Crippen MR) is 599 cm³/mol. The van der Waals surface area contributed by atoms with Crippen molar-refractivity contribution in [2.75, 3.05) is 45.6 Å². The number of benzene rings is 4. The molecule has 0 bridgehead atoms. The van der Waals surface area contributed by atoms with E-state index in [9.17, 15) is 19.2 Å². The summed E-state index contributed by atoms with van der Waals surface area (Å²) in [5.74, 6) is 2.86. The first-order valence-corrected chi connectivity index (χ1v) is 52.3. The lowest BCUT2D eigenvalue weighted by atomic mass is 10.0. The first-order valence-electron chi connectivity index (χ1n) is 49.0. The van der Waals surface area contributed by atoms with E-state index < -0.39 is 0 Å². The van der Waals surface area contributed by atoms with E-state index in [1.54, 1.807) is 77.3 Å². The lowest BCUT2D eigenvalue weighted by molar-refractivity contribution is 0.101. The molecule has 746 valence electrons. The standard InChI is InChI=1S/C30H27N7OS.C29H25N7OS.2C27H23N7OS.CH4/c1-18(38)26-7-8-27(39-26)23-15-32-16-25-28(23)34-30(33-25)29-22-12-20(5-6-24(22)35-36-29)21-11-19(13-31-14-21)17-37-9-3-2-4-10-37;1-17(37)25-6-7-26(38-25)22-14-31-15-24-27(22)33-29(32-24)28-21-11-19(4-5-23(21)34-35-28)20-10-18(12-30-13-20)16-36-8-2-3-9-36;1-15(35)23-6-7-24(36-23)20-12-29-13-22-25(20)31-27(30-22)26-19-9-17(4-5-21(19)32-33-26)18-8-16(10-28-11-18)14-34(2)3;1-14(2)30-18-8-17(10-28-11-18)16-4-5-21-19(9-16)26(34-33-21)27-31-22-13-29-12-20(25(22)32-27)24-7-6-23(36-24)15(3)35;/h5-8,11-16H,2-4,9-10,17H2,1H3,(H,33,34)(H,35,36);4-7,10-15H,2-3,8-9,16H2,1H3,(H,32,33)(H,34,35);4-13H,14H2,1-3H3,(H,30,31)(H,32,33);4-14,30H,1-3H3,(H,31,32)(H,33,34);1H4. The van der Waals surface area contributed by atoms with Crippen LogP contribution >= 0.6 is 45.3 Å². The van der Waals surface area contributed by atoms with Crippen LogP contribution in [0.2, 0.25) is 0 Å². The molecule has 2 fully saturated rings. The van der Waals surface area contributed by atoms with Crippen LogP contribution in [0.15, 0.2) is 245 Å². The van der Waals surface area contributed by atoms with Crippen LogP contribution in [0.25, 0.3) is 220 Å². The van der Waals surface area contributed by atoms with Crippen molar-refractivity contribution in [3.8, 4) is 132 Å². The van der Waals surface area contributed by atoms with Gasteiger partial charge in [0.2, 0.25) is 0 Å². The molecule has 0 atom stereocenters. The molecule has 20 aromatic heterocycles. The molecule has 0 radical (unpaired) electrons. The monoisotopic (exact) mass is 2050 g/mol. The number of ketones is 4. The van der Waals surface area contributed by atoms with Crippen molar-refractivity contribution < 1.29 is 19.2 Å². The van der Waals surface area contributed by atoms with E-state index in [-0.39, 0.29) is 30.6 Å². The Bertz CT molecular complexity index is 8960. The minimum Gasteiger partial charge on any atom is -0.382 e. The Hall–Kier alpha value is -17.0. The summed E-state index contributed by atoms with van der Waals surface area (Å²) in [5, 5.41) is 38.2. The number of rotatable bonds is 24. The number of imidazole rings is 4. The van der Waals surface area contributed by atoms with Crippen molar-refractivity contribution in [1.82, 2.24) is 135 Å². The van der Waals surface area contributed by atoms with Crippen molar-refractivity contribution >= 4 is 162 Å². The highest BCUT2D eigenvalue weighted by Gasteiger charge is 2.27. The fourth-order valence-corrected chi connectivity index (χ4v) is 22.9. The number of carbonyl (C=O) groups excluding carboxylic acids is 4. The number of anilines is 1.